The lowest BCUT2D eigenvalue weighted by molar-refractivity contribution is 1.09. The van der Waals surface area contributed by atoms with E-state index in [9.17, 15) is 0 Å². The summed E-state index contributed by atoms with van der Waals surface area (Å²) in [6, 6.07) is 7.69. The molecule has 98 valence electrons. The van der Waals surface area contributed by atoms with E-state index in [-0.39, 0.29) is 0 Å². The highest BCUT2D eigenvalue weighted by Crippen LogP contribution is 2.28. The Kier molecular flexibility index (Phi) is 2.63. The van der Waals surface area contributed by atoms with E-state index in [1.165, 1.54) is 0 Å². The maximum Gasteiger partial charge on any atom is 0.197 e. The van der Waals surface area contributed by atoms with Crippen molar-refractivity contribution in [2.24, 2.45) is 0 Å². The predicted molar refractivity (Wildman–Crippen MR) is 84.0 cm³/mol. The number of H-pyrrole nitrogens is 1. The Labute approximate surface area is 127 Å². The van der Waals surface area contributed by atoms with E-state index in [0.717, 1.165) is 27.3 Å². The van der Waals surface area contributed by atoms with Gasteiger partial charge in [0, 0.05) is 10.4 Å². The number of thiazole rings is 1. The number of fused-ring (bicyclic) bond motifs is 2. The summed E-state index contributed by atoms with van der Waals surface area (Å²) in [6.07, 6.45) is 1.71. The highest BCUT2D eigenvalue weighted by atomic mass is 35.5. The van der Waals surface area contributed by atoms with Crippen molar-refractivity contribution in [1.82, 2.24) is 19.6 Å². The van der Waals surface area contributed by atoms with Gasteiger partial charge in [-0.25, -0.2) is 4.98 Å². The number of rotatable bonds is 1. The zero-order valence-electron chi connectivity index (χ0n) is 10.0. The molecule has 4 nitrogen and oxygen atoms in total. The van der Waals surface area contributed by atoms with Crippen LogP contribution in [0.1, 0.15) is 0 Å². The van der Waals surface area contributed by atoms with E-state index in [2.05, 4.69) is 15.2 Å². The minimum atomic E-state index is 0.713. The van der Waals surface area contributed by atoms with Gasteiger partial charge in [0.15, 0.2) is 10.6 Å². The molecular formula is C13H7ClN4S2. The van der Waals surface area contributed by atoms with Gasteiger partial charge in [0.05, 0.1) is 17.3 Å². The normalized spacial score (nSPS) is 11.4. The minimum Gasteiger partial charge on any atom is -0.274 e. The summed E-state index contributed by atoms with van der Waals surface area (Å²) < 4.78 is 2.69. The number of hydrogen-bond donors (Lipinski definition) is 1. The molecule has 0 aliphatic carbocycles. The van der Waals surface area contributed by atoms with Crippen LogP contribution in [0.4, 0.5) is 0 Å². The fraction of sp³-hybridized carbons (Fsp3) is 0. The topological polar surface area (TPSA) is 46.0 Å². The van der Waals surface area contributed by atoms with Crippen LogP contribution in [-0.4, -0.2) is 19.6 Å². The van der Waals surface area contributed by atoms with Crippen LogP contribution in [0.15, 0.2) is 35.8 Å². The SMILES string of the molecule is S=c1c2cn[nH]c2nc2scc(-c3ccc(Cl)cc3)n12. The summed E-state index contributed by atoms with van der Waals surface area (Å²) in [5, 5.41) is 10.5. The Bertz CT molecular complexity index is 981. The fourth-order valence-electron chi connectivity index (χ4n) is 2.14. The van der Waals surface area contributed by atoms with E-state index in [1.807, 2.05) is 34.0 Å². The third kappa shape index (κ3) is 1.69. The zero-order chi connectivity index (χ0) is 13.7. The minimum absolute atomic E-state index is 0.713. The molecule has 0 unspecified atom stereocenters. The number of halogens is 1. The van der Waals surface area contributed by atoms with Crippen LogP contribution in [0.5, 0.6) is 0 Å². The van der Waals surface area contributed by atoms with Gasteiger partial charge in [0.2, 0.25) is 0 Å². The third-order valence-corrected chi connectivity index (χ3v) is 4.59. The quantitative estimate of drug-likeness (QED) is 0.532. The first-order valence-corrected chi connectivity index (χ1v) is 7.50. The second-order valence-corrected chi connectivity index (χ2v) is 5.95. The Morgan fingerprint density at radius 2 is 2.05 bits per heavy atom. The van der Waals surface area contributed by atoms with Crippen molar-refractivity contribution in [3.8, 4) is 11.3 Å². The second kappa shape index (κ2) is 4.37. The lowest BCUT2D eigenvalue weighted by atomic mass is 10.2. The van der Waals surface area contributed by atoms with Crippen LogP contribution in [0, 0.1) is 4.64 Å². The number of nitrogens with one attached hydrogen (secondary N) is 1. The van der Waals surface area contributed by atoms with Crippen molar-refractivity contribution in [3.63, 3.8) is 0 Å². The number of benzene rings is 1. The molecule has 0 amide bonds. The van der Waals surface area contributed by atoms with Gasteiger partial charge < -0.3 is 0 Å². The lowest BCUT2D eigenvalue weighted by Crippen LogP contribution is -1.93. The first-order chi connectivity index (χ1) is 9.74. The van der Waals surface area contributed by atoms with Crippen LogP contribution >= 0.6 is 35.2 Å². The Morgan fingerprint density at radius 3 is 2.85 bits per heavy atom. The molecular weight excluding hydrogens is 312 g/mol. The molecule has 0 aliphatic heterocycles. The molecule has 4 rings (SSSR count). The van der Waals surface area contributed by atoms with Gasteiger partial charge in [-0.05, 0) is 17.7 Å². The zero-order valence-corrected chi connectivity index (χ0v) is 12.4. The first kappa shape index (κ1) is 12.0. The van der Waals surface area contributed by atoms with Crippen molar-refractivity contribution in [1.29, 1.82) is 0 Å². The van der Waals surface area contributed by atoms with E-state index in [1.54, 1.807) is 17.5 Å². The van der Waals surface area contributed by atoms with Crippen LogP contribution in [0.3, 0.4) is 0 Å². The average Bonchev–Trinajstić information content (AvgIpc) is 3.07. The van der Waals surface area contributed by atoms with Gasteiger partial charge in [-0.15, -0.1) is 11.3 Å². The maximum atomic E-state index is 5.94. The van der Waals surface area contributed by atoms with Crippen molar-refractivity contribution < 1.29 is 0 Å². The van der Waals surface area contributed by atoms with Crippen LogP contribution in [0.2, 0.25) is 5.02 Å². The summed E-state index contributed by atoms with van der Waals surface area (Å²) in [5.74, 6) is 0. The summed E-state index contributed by atoms with van der Waals surface area (Å²) in [6.45, 7) is 0. The lowest BCUT2D eigenvalue weighted by Gasteiger charge is -2.03. The molecule has 20 heavy (non-hydrogen) atoms. The predicted octanol–water partition coefficient (Wildman–Crippen LogP) is 4.32. The Hall–Kier alpha value is -1.76. The van der Waals surface area contributed by atoms with Gasteiger partial charge in [-0.3, -0.25) is 9.50 Å². The second-order valence-electron chi connectivity index (χ2n) is 4.30. The maximum absolute atomic E-state index is 5.94. The van der Waals surface area contributed by atoms with Gasteiger partial charge in [-0.1, -0.05) is 36.0 Å². The third-order valence-electron chi connectivity index (χ3n) is 3.11. The van der Waals surface area contributed by atoms with Gasteiger partial charge in [-0.2, -0.15) is 5.10 Å². The number of aromatic nitrogens is 4. The van der Waals surface area contributed by atoms with Crippen molar-refractivity contribution in [3.05, 3.63) is 45.5 Å². The monoisotopic (exact) mass is 318 g/mol. The molecule has 0 aliphatic rings. The van der Waals surface area contributed by atoms with E-state index >= 15 is 0 Å². The molecule has 3 heterocycles. The molecule has 0 saturated carbocycles. The first-order valence-electron chi connectivity index (χ1n) is 5.83. The highest BCUT2D eigenvalue weighted by Gasteiger charge is 2.11. The van der Waals surface area contributed by atoms with Crippen molar-refractivity contribution in [2.45, 2.75) is 0 Å². The van der Waals surface area contributed by atoms with Gasteiger partial charge in [0.1, 0.15) is 4.64 Å². The Morgan fingerprint density at radius 1 is 1.25 bits per heavy atom. The summed E-state index contributed by atoms with van der Waals surface area (Å²) in [5.41, 5.74) is 2.79. The Balaban J connectivity index is 2.10. The van der Waals surface area contributed by atoms with Crippen molar-refractivity contribution >= 4 is 51.1 Å². The number of hydrogen-bond acceptors (Lipinski definition) is 4. The van der Waals surface area contributed by atoms with E-state index in [4.69, 9.17) is 23.8 Å². The number of aromatic amines is 1. The molecule has 4 aromatic rings. The molecule has 1 N–H and O–H groups in total. The molecule has 7 heteroatoms. The van der Waals surface area contributed by atoms with Gasteiger partial charge >= 0.3 is 0 Å². The highest BCUT2D eigenvalue weighted by molar-refractivity contribution is 7.71. The number of nitrogens with zero attached hydrogens (tertiary/aromatic N) is 3. The fourth-order valence-corrected chi connectivity index (χ4v) is 3.56. The summed E-state index contributed by atoms with van der Waals surface area (Å²) >= 11 is 13.0. The average molecular weight is 319 g/mol. The molecule has 0 bridgehead atoms. The van der Waals surface area contributed by atoms with Gasteiger partial charge in [0.25, 0.3) is 0 Å². The molecule has 3 aromatic heterocycles. The smallest absolute Gasteiger partial charge is 0.197 e. The summed E-state index contributed by atoms with van der Waals surface area (Å²) in [7, 11) is 0. The standard InChI is InChI=1S/C13H7ClN4S2/c14-8-3-1-7(2-4-8)10-6-20-13-16-11-9(5-15-17-11)12(19)18(10)13/h1-6H,(H,15,17). The van der Waals surface area contributed by atoms with Crippen molar-refractivity contribution in [2.75, 3.05) is 0 Å². The molecule has 0 spiro atoms. The van der Waals surface area contributed by atoms with E-state index < -0.39 is 0 Å². The van der Waals surface area contributed by atoms with Crippen LogP contribution < -0.4 is 0 Å². The molecule has 1 aromatic carbocycles. The van der Waals surface area contributed by atoms with Crippen LogP contribution in [-0.2, 0) is 0 Å². The largest absolute Gasteiger partial charge is 0.274 e. The van der Waals surface area contributed by atoms with Crippen LogP contribution in [0.25, 0.3) is 27.3 Å². The molecule has 0 saturated heterocycles. The van der Waals surface area contributed by atoms with E-state index in [0.29, 0.717) is 9.66 Å². The molecule has 0 fully saturated rings. The summed E-state index contributed by atoms with van der Waals surface area (Å²) in [4.78, 5) is 5.38. The molecule has 0 atom stereocenters. The molecule has 0 radical (unpaired) electrons.